The first-order chi connectivity index (χ1) is 9.11. The minimum atomic E-state index is -0.0906. The van der Waals surface area contributed by atoms with Crippen molar-refractivity contribution in [2.24, 2.45) is 11.7 Å². The summed E-state index contributed by atoms with van der Waals surface area (Å²) >= 11 is 0. The van der Waals surface area contributed by atoms with Gasteiger partial charge < -0.3 is 15.2 Å². The molecule has 1 aliphatic carbocycles. The normalized spacial score (nSPS) is 24.8. The van der Waals surface area contributed by atoms with Gasteiger partial charge in [-0.05, 0) is 44.2 Å². The first-order valence-electron chi connectivity index (χ1n) is 7.21. The second-order valence-electron chi connectivity index (χ2n) is 5.67. The molecule has 2 N–H and O–H groups in total. The molecule has 2 rings (SSSR count). The van der Waals surface area contributed by atoms with Crippen LogP contribution in [0.5, 0.6) is 11.5 Å². The highest BCUT2D eigenvalue weighted by atomic mass is 16.5. The molecular weight excluding hydrogens is 238 g/mol. The van der Waals surface area contributed by atoms with E-state index >= 15 is 0 Å². The van der Waals surface area contributed by atoms with E-state index in [4.69, 9.17) is 15.2 Å². The lowest BCUT2D eigenvalue weighted by atomic mass is 9.88. The van der Waals surface area contributed by atoms with E-state index < -0.39 is 0 Å². The Balaban J connectivity index is 2.19. The number of nitrogens with two attached hydrogens (primary N) is 1. The second kappa shape index (κ2) is 6.29. The summed E-state index contributed by atoms with van der Waals surface area (Å²) in [5, 5.41) is 0. The fourth-order valence-electron chi connectivity index (χ4n) is 2.92. The van der Waals surface area contributed by atoms with Crippen LogP contribution < -0.4 is 15.2 Å². The summed E-state index contributed by atoms with van der Waals surface area (Å²) in [7, 11) is 1.67. The van der Waals surface area contributed by atoms with Gasteiger partial charge in [0.15, 0.2) is 0 Å². The standard InChI is InChI=1S/C16H25NO2/c1-11-6-4-7-13(10-11)19-15-9-5-8-14(18-3)16(15)12(2)17/h5,8-9,11-13H,4,6-7,10,17H2,1-3H3/t11?,12-,13?/m1/s1. The van der Waals surface area contributed by atoms with Gasteiger partial charge in [-0.15, -0.1) is 0 Å². The summed E-state index contributed by atoms with van der Waals surface area (Å²) in [6.07, 6.45) is 5.16. The maximum atomic E-state index is 6.20. The Morgan fingerprint density at radius 3 is 2.63 bits per heavy atom. The molecule has 3 heteroatoms. The first-order valence-corrected chi connectivity index (χ1v) is 7.21. The maximum Gasteiger partial charge on any atom is 0.128 e. The van der Waals surface area contributed by atoms with Crippen LogP contribution in [0.2, 0.25) is 0 Å². The summed E-state index contributed by atoms with van der Waals surface area (Å²) in [5.74, 6) is 2.45. The van der Waals surface area contributed by atoms with E-state index in [9.17, 15) is 0 Å². The predicted molar refractivity (Wildman–Crippen MR) is 77.6 cm³/mol. The highest BCUT2D eigenvalue weighted by molar-refractivity contribution is 5.46. The third-order valence-corrected chi connectivity index (χ3v) is 3.88. The molecule has 19 heavy (non-hydrogen) atoms. The van der Waals surface area contributed by atoms with Gasteiger partial charge in [-0.1, -0.05) is 19.4 Å². The van der Waals surface area contributed by atoms with Crippen LogP contribution in [0, 0.1) is 5.92 Å². The molecule has 0 spiro atoms. The smallest absolute Gasteiger partial charge is 0.128 e. The minimum absolute atomic E-state index is 0.0906. The van der Waals surface area contributed by atoms with Crippen molar-refractivity contribution in [2.75, 3.05) is 7.11 Å². The van der Waals surface area contributed by atoms with Crippen molar-refractivity contribution in [3.05, 3.63) is 23.8 Å². The molecule has 106 valence electrons. The Labute approximate surface area is 116 Å². The monoisotopic (exact) mass is 263 g/mol. The maximum absolute atomic E-state index is 6.20. The summed E-state index contributed by atoms with van der Waals surface area (Å²) < 4.78 is 11.6. The van der Waals surface area contributed by atoms with Crippen molar-refractivity contribution < 1.29 is 9.47 Å². The highest BCUT2D eigenvalue weighted by Gasteiger charge is 2.22. The van der Waals surface area contributed by atoms with E-state index in [1.807, 2.05) is 25.1 Å². The van der Waals surface area contributed by atoms with Gasteiger partial charge in [0.1, 0.15) is 11.5 Å². The van der Waals surface area contributed by atoms with Crippen molar-refractivity contribution >= 4 is 0 Å². The van der Waals surface area contributed by atoms with Gasteiger partial charge in [-0.3, -0.25) is 0 Å². The van der Waals surface area contributed by atoms with Gasteiger partial charge in [-0.2, -0.15) is 0 Å². The molecule has 1 aromatic rings. The SMILES string of the molecule is COc1cccc(OC2CCCC(C)C2)c1[C@@H](C)N. The number of ether oxygens (including phenoxy) is 2. The molecule has 0 aliphatic heterocycles. The van der Waals surface area contributed by atoms with E-state index in [-0.39, 0.29) is 6.04 Å². The first kappa shape index (κ1) is 14.2. The third-order valence-electron chi connectivity index (χ3n) is 3.88. The highest BCUT2D eigenvalue weighted by Crippen LogP contribution is 2.35. The Morgan fingerprint density at radius 2 is 2.00 bits per heavy atom. The molecule has 1 aliphatic rings. The zero-order chi connectivity index (χ0) is 13.8. The van der Waals surface area contributed by atoms with Crippen molar-refractivity contribution in [1.82, 2.24) is 0 Å². The Kier molecular flexibility index (Phi) is 4.70. The van der Waals surface area contributed by atoms with Crippen LogP contribution in [0.15, 0.2) is 18.2 Å². The van der Waals surface area contributed by atoms with Crippen LogP contribution in [-0.4, -0.2) is 13.2 Å². The van der Waals surface area contributed by atoms with Gasteiger partial charge in [0.05, 0.1) is 18.8 Å². The van der Waals surface area contributed by atoms with E-state index in [0.717, 1.165) is 35.8 Å². The zero-order valence-electron chi connectivity index (χ0n) is 12.2. The Morgan fingerprint density at radius 1 is 1.26 bits per heavy atom. The Hall–Kier alpha value is -1.22. The molecule has 0 bridgehead atoms. The molecule has 1 aromatic carbocycles. The molecule has 0 aromatic heterocycles. The molecule has 1 fully saturated rings. The van der Waals surface area contributed by atoms with E-state index in [1.54, 1.807) is 7.11 Å². The molecule has 0 amide bonds. The lowest BCUT2D eigenvalue weighted by molar-refractivity contribution is 0.127. The summed E-state index contributed by atoms with van der Waals surface area (Å²) in [6, 6.07) is 5.81. The van der Waals surface area contributed by atoms with E-state index in [0.29, 0.717) is 6.10 Å². The summed E-state index contributed by atoms with van der Waals surface area (Å²) in [5.41, 5.74) is 7.04. The fraction of sp³-hybridized carbons (Fsp3) is 0.625. The topological polar surface area (TPSA) is 44.5 Å². The third kappa shape index (κ3) is 3.41. The second-order valence-corrected chi connectivity index (χ2v) is 5.67. The molecule has 0 saturated heterocycles. The van der Waals surface area contributed by atoms with Gasteiger partial charge in [0.25, 0.3) is 0 Å². The minimum Gasteiger partial charge on any atom is -0.496 e. The van der Waals surface area contributed by atoms with Gasteiger partial charge in [0, 0.05) is 6.04 Å². The average molecular weight is 263 g/mol. The number of rotatable bonds is 4. The molecule has 3 atom stereocenters. The van der Waals surface area contributed by atoms with Crippen LogP contribution in [0.25, 0.3) is 0 Å². The lowest BCUT2D eigenvalue weighted by Crippen LogP contribution is -2.25. The number of hydrogen-bond acceptors (Lipinski definition) is 3. The van der Waals surface area contributed by atoms with Crippen LogP contribution in [0.3, 0.4) is 0 Å². The molecule has 2 unspecified atom stereocenters. The van der Waals surface area contributed by atoms with Crippen molar-refractivity contribution in [3.63, 3.8) is 0 Å². The fourth-order valence-corrected chi connectivity index (χ4v) is 2.92. The lowest BCUT2D eigenvalue weighted by Gasteiger charge is -2.29. The van der Waals surface area contributed by atoms with Gasteiger partial charge in [0.2, 0.25) is 0 Å². The molecular formula is C16H25NO2. The summed E-state index contributed by atoms with van der Waals surface area (Å²) in [6.45, 7) is 4.27. The van der Waals surface area contributed by atoms with Crippen LogP contribution in [0.1, 0.15) is 51.1 Å². The summed E-state index contributed by atoms with van der Waals surface area (Å²) in [4.78, 5) is 0. The zero-order valence-corrected chi connectivity index (χ0v) is 12.2. The number of hydrogen-bond donors (Lipinski definition) is 1. The van der Waals surface area contributed by atoms with Crippen LogP contribution in [0.4, 0.5) is 0 Å². The van der Waals surface area contributed by atoms with Gasteiger partial charge in [-0.25, -0.2) is 0 Å². The Bertz CT molecular complexity index is 417. The largest absolute Gasteiger partial charge is 0.496 e. The molecule has 3 nitrogen and oxygen atoms in total. The number of methoxy groups -OCH3 is 1. The van der Waals surface area contributed by atoms with E-state index in [2.05, 4.69) is 6.92 Å². The van der Waals surface area contributed by atoms with Gasteiger partial charge >= 0.3 is 0 Å². The molecule has 1 saturated carbocycles. The predicted octanol–water partition coefficient (Wildman–Crippen LogP) is 3.67. The molecule has 0 heterocycles. The van der Waals surface area contributed by atoms with Crippen LogP contribution in [-0.2, 0) is 0 Å². The van der Waals surface area contributed by atoms with Crippen LogP contribution >= 0.6 is 0 Å². The van der Waals surface area contributed by atoms with Crippen molar-refractivity contribution in [2.45, 2.75) is 51.7 Å². The van der Waals surface area contributed by atoms with Crippen molar-refractivity contribution in [1.29, 1.82) is 0 Å². The average Bonchev–Trinajstić information content (AvgIpc) is 2.38. The van der Waals surface area contributed by atoms with E-state index in [1.165, 1.54) is 12.8 Å². The molecule has 0 radical (unpaired) electrons. The quantitative estimate of drug-likeness (QED) is 0.901. The van der Waals surface area contributed by atoms with Crippen molar-refractivity contribution in [3.8, 4) is 11.5 Å². The number of benzene rings is 1.